The lowest BCUT2D eigenvalue weighted by molar-refractivity contribution is -0.140. The van der Waals surface area contributed by atoms with Crippen molar-refractivity contribution < 1.29 is 19.1 Å². The second-order valence-electron chi connectivity index (χ2n) is 11.9. The predicted octanol–water partition coefficient (Wildman–Crippen LogP) is 2.26. The number of ether oxygens (including phenoxy) is 1. The first-order chi connectivity index (χ1) is 17.1. The number of anilines is 1. The third kappa shape index (κ3) is 4.43. The fraction of sp³-hybridized carbons (Fsp3) is 0.679. The average Bonchev–Trinajstić information content (AvgIpc) is 3.52. The van der Waals surface area contributed by atoms with Gasteiger partial charge in [-0.2, -0.15) is 0 Å². The molecule has 2 amide bonds. The number of rotatable bonds is 7. The number of Topliss-reactive ketones (excluding diaryl/α,β-unsaturated/α-hetero) is 1. The monoisotopic (exact) mass is 496 g/mol. The number of nitrogens with two attached hydrogens (primary N) is 1. The second kappa shape index (κ2) is 9.45. The molecule has 3 aliphatic heterocycles. The number of amides is 2. The molecule has 4 aliphatic rings. The van der Waals surface area contributed by atoms with Gasteiger partial charge >= 0.3 is 0 Å². The van der Waals surface area contributed by atoms with E-state index in [9.17, 15) is 14.4 Å². The Morgan fingerprint density at radius 3 is 2.47 bits per heavy atom. The average molecular weight is 497 g/mol. The summed E-state index contributed by atoms with van der Waals surface area (Å²) in [7, 11) is 2.11. The smallest absolute Gasteiger partial charge is 0.249 e. The first kappa shape index (κ1) is 25.2. The zero-order valence-corrected chi connectivity index (χ0v) is 22.0. The molecule has 4 fully saturated rings. The standard InChI is InChI=1S/C28H40N4O4/c1-5-28(2,3)23(27(35)32-15-21(17-6-7-17)25-24(32)22(33)16-36-25)20-14-18(8-9-19(20)26(29)34)31-12-10-30(4)11-13-31/h8-9,14,17,21,23-25H,5-7,10-13,15-16H2,1-4H3,(H2,29,34)/t21-,23+,24-,25-/m1/s1. The van der Waals surface area contributed by atoms with Crippen LogP contribution < -0.4 is 10.6 Å². The topological polar surface area (TPSA) is 96.2 Å². The molecule has 0 spiro atoms. The lowest BCUT2D eigenvalue weighted by Gasteiger charge is -2.39. The summed E-state index contributed by atoms with van der Waals surface area (Å²) in [6.45, 7) is 10.5. The van der Waals surface area contributed by atoms with Crippen LogP contribution in [0.4, 0.5) is 5.69 Å². The van der Waals surface area contributed by atoms with Crippen molar-refractivity contribution in [3.05, 3.63) is 29.3 Å². The van der Waals surface area contributed by atoms with Gasteiger partial charge in [-0.1, -0.05) is 20.8 Å². The molecular formula is C28H40N4O4. The Labute approximate surface area is 214 Å². The van der Waals surface area contributed by atoms with Gasteiger partial charge in [0.1, 0.15) is 12.6 Å². The number of carbonyl (C=O) groups is 3. The number of ketones is 1. The summed E-state index contributed by atoms with van der Waals surface area (Å²) in [4.78, 5) is 46.4. The summed E-state index contributed by atoms with van der Waals surface area (Å²) >= 11 is 0. The molecule has 0 unspecified atom stereocenters. The number of hydrogen-bond acceptors (Lipinski definition) is 6. The van der Waals surface area contributed by atoms with Gasteiger partial charge in [-0.25, -0.2) is 0 Å². The number of benzene rings is 1. The van der Waals surface area contributed by atoms with Gasteiger partial charge in [-0.05, 0) is 61.4 Å². The van der Waals surface area contributed by atoms with Crippen LogP contribution in [-0.4, -0.2) is 85.9 Å². The largest absolute Gasteiger partial charge is 0.369 e. The molecule has 1 aromatic carbocycles. The summed E-state index contributed by atoms with van der Waals surface area (Å²) in [5.41, 5.74) is 7.47. The first-order valence-electron chi connectivity index (χ1n) is 13.4. The van der Waals surface area contributed by atoms with Crippen molar-refractivity contribution >= 4 is 23.3 Å². The molecule has 8 nitrogen and oxygen atoms in total. The van der Waals surface area contributed by atoms with Crippen LogP contribution in [0.25, 0.3) is 0 Å². The fourth-order valence-corrected chi connectivity index (χ4v) is 6.39. The van der Waals surface area contributed by atoms with Crippen LogP contribution in [-0.2, 0) is 14.3 Å². The molecule has 0 bridgehead atoms. The Bertz CT molecular complexity index is 1040. The summed E-state index contributed by atoms with van der Waals surface area (Å²) < 4.78 is 5.92. The minimum Gasteiger partial charge on any atom is -0.369 e. The van der Waals surface area contributed by atoms with Crippen molar-refractivity contribution in [1.29, 1.82) is 0 Å². The van der Waals surface area contributed by atoms with Crippen molar-refractivity contribution in [2.45, 2.75) is 58.1 Å². The van der Waals surface area contributed by atoms with E-state index in [-0.39, 0.29) is 30.3 Å². The van der Waals surface area contributed by atoms with E-state index in [0.29, 0.717) is 23.6 Å². The zero-order valence-electron chi connectivity index (χ0n) is 22.0. The molecule has 1 aliphatic carbocycles. The summed E-state index contributed by atoms with van der Waals surface area (Å²) in [5, 5.41) is 0. The van der Waals surface area contributed by atoms with Crippen LogP contribution >= 0.6 is 0 Å². The minimum absolute atomic E-state index is 0.00846. The molecule has 1 saturated carbocycles. The number of piperazine rings is 1. The number of hydrogen-bond donors (Lipinski definition) is 1. The molecule has 2 N–H and O–H groups in total. The quantitative estimate of drug-likeness (QED) is 0.622. The van der Waals surface area contributed by atoms with Gasteiger partial charge < -0.3 is 25.2 Å². The maximum Gasteiger partial charge on any atom is 0.249 e. The maximum atomic E-state index is 14.5. The van der Waals surface area contributed by atoms with Gasteiger partial charge in [-0.3, -0.25) is 14.4 Å². The Morgan fingerprint density at radius 2 is 1.86 bits per heavy atom. The number of fused-ring (bicyclic) bond motifs is 1. The Hall–Kier alpha value is -2.45. The molecule has 5 rings (SSSR count). The third-order valence-corrected chi connectivity index (χ3v) is 9.15. The lowest BCUT2D eigenvalue weighted by Crippen LogP contribution is -2.47. The molecule has 0 aromatic heterocycles. The molecule has 1 aromatic rings. The molecule has 0 radical (unpaired) electrons. The van der Waals surface area contributed by atoms with Crippen LogP contribution in [0.15, 0.2) is 18.2 Å². The Balaban J connectivity index is 1.55. The van der Waals surface area contributed by atoms with Crippen LogP contribution in [0.3, 0.4) is 0 Å². The maximum absolute atomic E-state index is 14.5. The van der Waals surface area contributed by atoms with Crippen molar-refractivity contribution in [3.63, 3.8) is 0 Å². The lowest BCUT2D eigenvalue weighted by atomic mass is 9.71. The van der Waals surface area contributed by atoms with Crippen LogP contribution in [0.1, 0.15) is 61.9 Å². The highest BCUT2D eigenvalue weighted by Gasteiger charge is 2.57. The highest BCUT2D eigenvalue weighted by atomic mass is 16.5. The van der Waals surface area contributed by atoms with Gasteiger partial charge in [-0.15, -0.1) is 0 Å². The van der Waals surface area contributed by atoms with Gasteiger partial charge in [0.05, 0.1) is 12.0 Å². The van der Waals surface area contributed by atoms with Crippen molar-refractivity contribution in [2.24, 2.45) is 23.0 Å². The molecular weight excluding hydrogens is 456 g/mol. The van der Waals surface area contributed by atoms with E-state index in [2.05, 4.69) is 37.6 Å². The fourth-order valence-electron chi connectivity index (χ4n) is 6.39. The highest BCUT2D eigenvalue weighted by Crippen LogP contribution is 2.49. The minimum atomic E-state index is -0.593. The SMILES string of the molecule is CCC(C)(C)[C@H](C(=O)N1C[C@H](C2CC2)[C@H]2OCC(=O)[C@H]21)c1cc(N2CCN(C)CC2)ccc1C(N)=O. The van der Waals surface area contributed by atoms with E-state index in [1.807, 2.05) is 12.1 Å². The number of likely N-dealkylation sites (N-methyl/N-ethyl adjacent to an activating group) is 1. The molecule has 3 saturated heterocycles. The van der Waals surface area contributed by atoms with E-state index < -0.39 is 23.3 Å². The van der Waals surface area contributed by atoms with Gasteiger partial charge in [0.15, 0.2) is 5.78 Å². The molecule has 8 heteroatoms. The van der Waals surface area contributed by atoms with Crippen molar-refractivity contribution in [3.8, 4) is 0 Å². The Kier molecular flexibility index (Phi) is 6.62. The Morgan fingerprint density at radius 1 is 1.17 bits per heavy atom. The van der Waals surface area contributed by atoms with Crippen molar-refractivity contribution in [1.82, 2.24) is 9.80 Å². The van der Waals surface area contributed by atoms with Gasteiger partial charge in [0.25, 0.3) is 0 Å². The van der Waals surface area contributed by atoms with E-state index in [4.69, 9.17) is 10.5 Å². The third-order valence-electron chi connectivity index (χ3n) is 9.15. The molecule has 196 valence electrons. The summed E-state index contributed by atoms with van der Waals surface area (Å²) in [6.07, 6.45) is 2.80. The van der Waals surface area contributed by atoms with E-state index in [0.717, 1.165) is 51.1 Å². The molecule has 36 heavy (non-hydrogen) atoms. The van der Waals surface area contributed by atoms with Crippen LogP contribution in [0.5, 0.6) is 0 Å². The van der Waals surface area contributed by atoms with Crippen LogP contribution in [0, 0.1) is 17.3 Å². The molecule has 4 atom stereocenters. The van der Waals surface area contributed by atoms with Gasteiger partial charge in [0.2, 0.25) is 11.8 Å². The number of likely N-dealkylation sites (tertiary alicyclic amines) is 1. The summed E-state index contributed by atoms with van der Waals surface area (Å²) in [6, 6.07) is 5.21. The highest BCUT2D eigenvalue weighted by molar-refractivity contribution is 5.99. The predicted molar refractivity (Wildman–Crippen MR) is 138 cm³/mol. The zero-order chi connectivity index (χ0) is 25.8. The number of carbonyl (C=O) groups excluding carboxylic acids is 3. The number of nitrogens with zero attached hydrogens (tertiary/aromatic N) is 3. The van der Waals surface area contributed by atoms with Gasteiger partial charge in [0, 0.05) is 49.9 Å². The van der Waals surface area contributed by atoms with E-state index >= 15 is 0 Å². The van der Waals surface area contributed by atoms with Crippen molar-refractivity contribution in [2.75, 3.05) is 51.3 Å². The van der Waals surface area contributed by atoms with E-state index in [1.165, 1.54) is 0 Å². The number of primary amides is 1. The first-order valence-corrected chi connectivity index (χ1v) is 13.4. The summed E-state index contributed by atoms with van der Waals surface area (Å²) in [5.74, 6) is -0.481. The van der Waals surface area contributed by atoms with E-state index in [1.54, 1.807) is 11.0 Å². The van der Waals surface area contributed by atoms with Crippen LogP contribution in [0.2, 0.25) is 0 Å². The normalized spacial score (nSPS) is 27.9. The second-order valence-corrected chi connectivity index (χ2v) is 11.9. The molecule has 3 heterocycles.